The number of hydrogen-bond donors (Lipinski definition) is 1. The third kappa shape index (κ3) is 5.14. The number of Topliss-reactive ketones (excluding diaryl/α,β-unsaturated/α-hetero) is 1. The van der Waals surface area contributed by atoms with Crippen LogP contribution in [-0.4, -0.2) is 34.4 Å². The van der Waals surface area contributed by atoms with Crippen LogP contribution in [0.3, 0.4) is 0 Å². The van der Waals surface area contributed by atoms with E-state index in [0.29, 0.717) is 36.4 Å². The van der Waals surface area contributed by atoms with Gasteiger partial charge in [-0.05, 0) is 54.8 Å². The zero-order chi connectivity index (χ0) is 24.8. The number of hydrogen-bond acceptors (Lipinski definition) is 6. The number of aryl methyl sites for hydroxylation is 1. The molecule has 7 heteroatoms. The summed E-state index contributed by atoms with van der Waals surface area (Å²) >= 11 is 0. The minimum atomic E-state index is -0.884. The van der Waals surface area contributed by atoms with Crippen LogP contribution >= 0.6 is 0 Å². The first-order valence-corrected chi connectivity index (χ1v) is 11.5. The van der Waals surface area contributed by atoms with Crippen molar-refractivity contribution in [3.8, 4) is 0 Å². The van der Waals surface area contributed by atoms with Gasteiger partial charge in [0.05, 0.1) is 23.4 Å². The quantitative estimate of drug-likeness (QED) is 0.454. The molecule has 1 aliphatic rings. The predicted molar refractivity (Wildman–Crippen MR) is 131 cm³/mol. The van der Waals surface area contributed by atoms with E-state index in [0.717, 1.165) is 5.56 Å². The van der Waals surface area contributed by atoms with Crippen molar-refractivity contribution in [2.24, 2.45) is 0 Å². The number of aromatic nitrogens is 1. The Morgan fingerprint density at radius 2 is 1.71 bits per heavy atom. The Kier molecular flexibility index (Phi) is 7.35. The van der Waals surface area contributed by atoms with Crippen LogP contribution in [0.4, 0.5) is 5.69 Å². The topological polar surface area (TPSA) is 96.8 Å². The number of esters is 1. The Morgan fingerprint density at radius 1 is 1.00 bits per heavy atom. The monoisotopic (exact) mass is 470 g/mol. The fraction of sp³-hybridized carbons (Fsp3) is 0.214. The van der Waals surface area contributed by atoms with Crippen molar-refractivity contribution in [2.75, 3.05) is 11.5 Å². The number of benzene rings is 2. The van der Waals surface area contributed by atoms with E-state index in [-0.39, 0.29) is 17.8 Å². The number of carbonyl (C=O) groups is 3. The molecule has 4 rings (SSSR count). The summed E-state index contributed by atoms with van der Waals surface area (Å²) in [6, 6.07) is 20.2. The molecule has 1 aliphatic heterocycles. The molecule has 178 valence electrons. The maximum absolute atomic E-state index is 13.3. The molecule has 0 fully saturated rings. The predicted octanol–water partition coefficient (Wildman–Crippen LogP) is 4.75. The number of aliphatic hydroxyl groups excluding tert-OH is 1. The van der Waals surface area contributed by atoms with Crippen molar-refractivity contribution in [3.63, 3.8) is 0 Å². The van der Waals surface area contributed by atoms with E-state index in [1.165, 1.54) is 4.90 Å². The smallest absolute Gasteiger partial charge is 0.338 e. The number of ether oxygens (including phenoxy) is 1. The second kappa shape index (κ2) is 10.8. The maximum atomic E-state index is 13.3. The Labute approximate surface area is 203 Å². The summed E-state index contributed by atoms with van der Waals surface area (Å²) in [4.78, 5) is 44.4. The van der Waals surface area contributed by atoms with E-state index in [4.69, 9.17) is 4.74 Å². The van der Waals surface area contributed by atoms with Crippen LogP contribution in [0.25, 0.3) is 0 Å². The average Bonchev–Trinajstić information content (AvgIpc) is 3.17. The summed E-state index contributed by atoms with van der Waals surface area (Å²) in [5.74, 6) is -2.04. The number of pyridine rings is 1. The number of carbonyl (C=O) groups excluding carboxylic acids is 3. The lowest BCUT2D eigenvalue weighted by atomic mass is 9.95. The second-order valence-electron chi connectivity index (χ2n) is 8.19. The molecule has 1 atom stereocenters. The van der Waals surface area contributed by atoms with Crippen molar-refractivity contribution in [3.05, 3.63) is 107 Å². The molecule has 1 amide bonds. The Balaban J connectivity index is 1.64. The highest BCUT2D eigenvalue weighted by Crippen LogP contribution is 2.40. The van der Waals surface area contributed by atoms with Crippen LogP contribution in [0.1, 0.15) is 47.4 Å². The van der Waals surface area contributed by atoms with Gasteiger partial charge in [0.15, 0.2) is 11.5 Å². The molecule has 0 aliphatic carbocycles. The molecule has 3 aromatic rings. The van der Waals surface area contributed by atoms with Crippen molar-refractivity contribution < 1.29 is 24.2 Å². The highest BCUT2D eigenvalue weighted by molar-refractivity contribution is 6.16. The summed E-state index contributed by atoms with van der Waals surface area (Å²) in [5, 5.41) is 10.8. The number of rotatable bonds is 9. The number of ketones is 1. The van der Waals surface area contributed by atoms with Crippen molar-refractivity contribution >= 4 is 23.3 Å². The largest absolute Gasteiger partial charge is 0.503 e. The molecule has 1 aromatic heterocycles. The first-order chi connectivity index (χ1) is 17.0. The van der Waals surface area contributed by atoms with Gasteiger partial charge in [0.2, 0.25) is 0 Å². The van der Waals surface area contributed by atoms with Crippen LogP contribution < -0.4 is 4.90 Å². The molecule has 1 N–H and O–H groups in total. The summed E-state index contributed by atoms with van der Waals surface area (Å²) in [5.41, 5.74) is 2.24. The fourth-order valence-electron chi connectivity index (χ4n) is 4.05. The Morgan fingerprint density at radius 3 is 2.37 bits per heavy atom. The van der Waals surface area contributed by atoms with Gasteiger partial charge in [-0.3, -0.25) is 19.5 Å². The summed E-state index contributed by atoms with van der Waals surface area (Å²) in [6.45, 7) is 2.23. The highest BCUT2D eigenvalue weighted by atomic mass is 16.5. The van der Waals surface area contributed by atoms with E-state index >= 15 is 0 Å². The fourth-order valence-corrected chi connectivity index (χ4v) is 4.05. The summed E-state index contributed by atoms with van der Waals surface area (Å²) < 4.78 is 5.16. The lowest BCUT2D eigenvalue weighted by Crippen LogP contribution is -2.31. The van der Waals surface area contributed by atoms with Crippen LogP contribution in [0.15, 0.2) is 90.3 Å². The molecule has 0 radical (unpaired) electrons. The molecule has 7 nitrogen and oxygen atoms in total. The van der Waals surface area contributed by atoms with E-state index < -0.39 is 23.7 Å². The molecule has 2 aromatic carbocycles. The van der Waals surface area contributed by atoms with Gasteiger partial charge in [-0.15, -0.1) is 0 Å². The molecule has 0 spiro atoms. The lowest BCUT2D eigenvalue weighted by molar-refractivity contribution is -0.118. The van der Waals surface area contributed by atoms with Gasteiger partial charge in [-0.25, -0.2) is 4.79 Å². The van der Waals surface area contributed by atoms with E-state index in [1.807, 2.05) is 37.3 Å². The van der Waals surface area contributed by atoms with E-state index in [9.17, 15) is 19.5 Å². The maximum Gasteiger partial charge on any atom is 0.338 e. The molecule has 1 unspecified atom stereocenters. The number of aliphatic hydroxyl groups is 1. The molecule has 0 saturated carbocycles. The van der Waals surface area contributed by atoms with Crippen molar-refractivity contribution in [1.29, 1.82) is 0 Å². The number of anilines is 1. The third-order valence-corrected chi connectivity index (χ3v) is 5.78. The Hall–Kier alpha value is -4.26. The van der Waals surface area contributed by atoms with Gasteiger partial charge in [0.25, 0.3) is 5.91 Å². The molecular formula is C28H26N2O5. The zero-order valence-corrected chi connectivity index (χ0v) is 19.4. The van der Waals surface area contributed by atoms with Crippen LogP contribution in [0.5, 0.6) is 0 Å². The van der Waals surface area contributed by atoms with Gasteiger partial charge in [-0.2, -0.15) is 0 Å². The van der Waals surface area contributed by atoms with Crippen LogP contribution in [-0.2, 0) is 20.7 Å². The molecule has 2 heterocycles. The standard InChI is InChI=1S/C28H26N2O5/c1-2-18-35-28(34)20-12-14-21(15-13-20)30-25(22-10-6-7-17-29-22)24(26(32)27(30)33)23(31)16-11-19-8-4-3-5-9-19/h3-10,12-15,17,25,32H,2,11,16,18H2,1H3. The van der Waals surface area contributed by atoms with E-state index in [1.54, 1.807) is 48.7 Å². The third-order valence-electron chi connectivity index (χ3n) is 5.78. The van der Waals surface area contributed by atoms with Gasteiger partial charge in [-0.1, -0.05) is 43.3 Å². The Bertz CT molecular complexity index is 1240. The first-order valence-electron chi connectivity index (χ1n) is 11.5. The van der Waals surface area contributed by atoms with Gasteiger partial charge >= 0.3 is 5.97 Å². The van der Waals surface area contributed by atoms with Gasteiger partial charge in [0.1, 0.15) is 6.04 Å². The van der Waals surface area contributed by atoms with Gasteiger partial charge < -0.3 is 9.84 Å². The number of amides is 1. The zero-order valence-electron chi connectivity index (χ0n) is 19.4. The summed E-state index contributed by atoms with van der Waals surface area (Å²) in [7, 11) is 0. The van der Waals surface area contributed by atoms with E-state index in [2.05, 4.69) is 4.98 Å². The second-order valence-corrected chi connectivity index (χ2v) is 8.19. The average molecular weight is 471 g/mol. The molecule has 0 saturated heterocycles. The van der Waals surface area contributed by atoms with Gasteiger partial charge in [0, 0.05) is 18.3 Å². The van der Waals surface area contributed by atoms with Crippen molar-refractivity contribution in [2.45, 2.75) is 32.2 Å². The van der Waals surface area contributed by atoms with Crippen LogP contribution in [0, 0.1) is 0 Å². The normalized spacial score (nSPS) is 15.4. The van der Waals surface area contributed by atoms with Crippen molar-refractivity contribution in [1.82, 2.24) is 4.98 Å². The summed E-state index contributed by atoms with van der Waals surface area (Å²) in [6.07, 6.45) is 2.90. The lowest BCUT2D eigenvalue weighted by Gasteiger charge is -2.26. The first kappa shape index (κ1) is 23.9. The highest BCUT2D eigenvalue weighted by Gasteiger charge is 2.44. The molecular weight excluding hydrogens is 444 g/mol. The SMILES string of the molecule is CCCOC(=O)c1ccc(N2C(=O)C(O)=C(C(=O)CCc3ccccc3)C2c2ccccn2)cc1. The minimum absolute atomic E-state index is 0.0241. The van der Waals surface area contributed by atoms with Crippen LogP contribution in [0.2, 0.25) is 0 Å². The minimum Gasteiger partial charge on any atom is -0.503 e. The molecule has 0 bridgehead atoms. The number of nitrogens with zero attached hydrogens (tertiary/aromatic N) is 2. The molecule has 35 heavy (non-hydrogen) atoms.